The second-order valence-corrected chi connectivity index (χ2v) is 5.45. The number of hydrogen-bond acceptors (Lipinski definition) is 2. The lowest BCUT2D eigenvalue weighted by molar-refractivity contribution is 0.0437. The Bertz CT molecular complexity index is 397. The van der Waals surface area contributed by atoms with E-state index in [1.165, 1.54) is 6.07 Å². The van der Waals surface area contributed by atoms with Gasteiger partial charge < -0.3 is 9.84 Å². The summed E-state index contributed by atoms with van der Waals surface area (Å²) < 4.78 is 19.7. The molecular weight excluding hydrogens is 287 g/mol. The van der Waals surface area contributed by atoms with Crippen LogP contribution < -0.4 is 0 Å². The van der Waals surface area contributed by atoms with Gasteiger partial charge in [0.2, 0.25) is 0 Å². The van der Waals surface area contributed by atoms with E-state index in [1.807, 2.05) is 6.92 Å². The molecular formula is C13H16BrFO2. The Labute approximate surface area is 109 Å². The van der Waals surface area contributed by atoms with Crippen molar-refractivity contribution >= 4 is 15.9 Å². The number of benzene rings is 1. The molecule has 94 valence electrons. The van der Waals surface area contributed by atoms with E-state index in [2.05, 4.69) is 15.9 Å². The Morgan fingerprint density at radius 1 is 1.59 bits per heavy atom. The van der Waals surface area contributed by atoms with Gasteiger partial charge in [0.25, 0.3) is 0 Å². The molecule has 1 aromatic rings. The van der Waals surface area contributed by atoms with E-state index in [4.69, 9.17) is 4.74 Å². The Balaban J connectivity index is 2.04. The predicted octanol–water partition coefficient (Wildman–Crippen LogP) is 2.92. The molecule has 1 heterocycles. The number of aliphatic hydroxyl groups excluding tert-OH is 1. The third-order valence-corrected chi connectivity index (χ3v) is 3.87. The molecule has 17 heavy (non-hydrogen) atoms. The largest absolute Gasteiger partial charge is 0.392 e. The maximum Gasteiger partial charge on any atom is 0.127 e. The first-order valence-corrected chi connectivity index (χ1v) is 6.61. The Hall–Kier alpha value is -0.450. The van der Waals surface area contributed by atoms with Crippen molar-refractivity contribution in [2.45, 2.75) is 32.0 Å². The monoisotopic (exact) mass is 302 g/mol. The third-order valence-electron chi connectivity index (χ3n) is 3.37. The van der Waals surface area contributed by atoms with Gasteiger partial charge in [-0.3, -0.25) is 0 Å². The van der Waals surface area contributed by atoms with Gasteiger partial charge in [0.1, 0.15) is 5.82 Å². The number of hydrogen-bond donors (Lipinski definition) is 1. The molecule has 0 aliphatic carbocycles. The summed E-state index contributed by atoms with van der Waals surface area (Å²) in [5, 5.41) is 10.1. The van der Waals surface area contributed by atoms with Crippen molar-refractivity contribution in [2.24, 2.45) is 5.92 Å². The summed E-state index contributed by atoms with van der Waals surface area (Å²) >= 11 is 3.22. The second-order valence-electron chi connectivity index (χ2n) is 4.54. The molecule has 0 amide bonds. The lowest BCUT2D eigenvalue weighted by Crippen LogP contribution is -2.28. The van der Waals surface area contributed by atoms with Crippen LogP contribution in [-0.4, -0.2) is 23.9 Å². The number of rotatable bonds is 3. The van der Waals surface area contributed by atoms with Crippen molar-refractivity contribution in [3.05, 3.63) is 34.1 Å². The van der Waals surface area contributed by atoms with E-state index < -0.39 is 6.10 Å². The summed E-state index contributed by atoms with van der Waals surface area (Å²) in [6.45, 7) is 2.64. The number of ether oxygens (including phenoxy) is 1. The van der Waals surface area contributed by atoms with E-state index in [0.717, 1.165) is 6.42 Å². The molecule has 2 nitrogen and oxygen atoms in total. The van der Waals surface area contributed by atoms with Crippen molar-refractivity contribution in [1.29, 1.82) is 0 Å². The molecule has 1 fully saturated rings. The van der Waals surface area contributed by atoms with Crippen molar-refractivity contribution in [1.82, 2.24) is 0 Å². The molecule has 4 heteroatoms. The van der Waals surface area contributed by atoms with Crippen LogP contribution in [0.15, 0.2) is 22.7 Å². The fourth-order valence-corrected chi connectivity index (χ4v) is 2.65. The standard InChI is InChI=1S/C13H16BrFO2/c1-8-11(4-5-17-8)13(16)6-9-2-3-10(14)7-12(9)15/h2-3,7-8,11,13,16H,4-6H2,1H3. The topological polar surface area (TPSA) is 29.5 Å². The molecule has 0 saturated carbocycles. The minimum atomic E-state index is -0.539. The van der Waals surface area contributed by atoms with Crippen molar-refractivity contribution in [3.63, 3.8) is 0 Å². The Kier molecular flexibility index (Phi) is 4.17. The lowest BCUT2D eigenvalue weighted by atomic mass is 9.91. The van der Waals surface area contributed by atoms with Crippen LogP contribution in [0.4, 0.5) is 4.39 Å². The molecule has 0 bridgehead atoms. The summed E-state index contributed by atoms with van der Waals surface area (Å²) in [6, 6.07) is 4.93. The van der Waals surface area contributed by atoms with Gasteiger partial charge in [-0.25, -0.2) is 4.39 Å². The average Bonchev–Trinajstić information content (AvgIpc) is 2.68. The zero-order chi connectivity index (χ0) is 12.4. The summed E-state index contributed by atoms with van der Waals surface area (Å²) in [5.41, 5.74) is 0.555. The van der Waals surface area contributed by atoms with Crippen molar-refractivity contribution < 1.29 is 14.2 Å². The summed E-state index contributed by atoms with van der Waals surface area (Å²) in [7, 11) is 0. The van der Waals surface area contributed by atoms with Gasteiger partial charge in [0.05, 0.1) is 12.2 Å². The highest BCUT2D eigenvalue weighted by Crippen LogP contribution is 2.27. The lowest BCUT2D eigenvalue weighted by Gasteiger charge is -2.21. The minimum absolute atomic E-state index is 0.0588. The molecule has 1 N–H and O–H groups in total. The van der Waals surface area contributed by atoms with E-state index in [0.29, 0.717) is 23.1 Å². The van der Waals surface area contributed by atoms with E-state index in [9.17, 15) is 9.50 Å². The van der Waals surface area contributed by atoms with E-state index in [1.54, 1.807) is 12.1 Å². The molecule has 3 atom stereocenters. The van der Waals surface area contributed by atoms with Crippen LogP contribution in [0.5, 0.6) is 0 Å². The predicted molar refractivity (Wildman–Crippen MR) is 67.3 cm³/mol. The molecule has 1 aromatic carbocycles. The van der Waals surface area contributed by atoms with Crippen molar-refractivity contribution in [3.8, 4) is 0 Å². The molecule has 1 aliphatic rings. The van der Waals surface area contributed by atoms with Gasteiger partial charge in [0.15, 0.2) is 0 Å². The molecule has 1 aliphatic heterocycles. The van der Waals surface area contributed by atoms with Crippen LogP contribution in [0.3, 0.4) is 0 Å². The fourth-order valence-electron chi connectivity index (χ4n) is 2.32. The number of aliphatic hydroxyl groups is 1. The minimum Gasteiger partial charge on any atom is -0.392 e. The fraction of sp³-hybridized carbons (Fsp3) is 0.538. The summed E-state index contributed by atoms with van der Waals surface area (Å²) in [4.78, 5) is 0. The van der Waals surface area contributed by atoms with Crippen LogP contribution in [0, 0.1) is 11.7 Å². The molecule has 1 saturated heterocycles. The van der Waals surface area contributed by atoms with Crippen LogP contribution in [0.2, 0.25) is 0 Å². The first kappa shape index (κ1) is 13.0. The summed E-state index contributed by atoms with van der Waals surface area (Å²) in [5.74, 6) is -0.164. The van der Waals surface area contributed by atoms with E-state index in [-0.39, 0.29) is 17.8 Å². The quantitative estimate of drug-likeness (QED) is 0.930. The van der Waals surface area contributed by atoms with Crippen LogP contribution >= 0.6 is 15.9 Å². The normalized spacial score (nSPS) is 26.1. The number of halogens is 2. The van der Waals surface area contributed by atoms with Crippen LogP contribution in [0.1, 0.15) is 18.9 Å². The van der Waals surface area contributed by atoms with Gasteiger partial charge in [-0.1, -0.05) is 22.0 Å². The Morgan fingerprint density at radius 2 is 2.35 bits per heavy atom. The second kappa shape index (κ2) is 5.46. The van der Waals surface area contributed by atoms with Crippen LogP contribution in [-0.2, 0) is 11.2 Å². The first-order chi connectivity index (χ1) is 8.08. The van der Waals surface area contributed by atoms with Gasteiger partial charge in [-0.05, 0) is 31.0 Å². The smallest absolute Gasteiger partial charge is 0.127 e. The Morgan fingerprint density at radius 3 is 2.94 bits per heavy atom. The highest BCUT2D eigenvalue weighted by molar-refractivity contribution is 9.10. The van der Waals surface area contributed by atoms with Gasteiger partial charge in [0, 0.05) is 23.4 Å². The van der Waals surface area contributed by atoms with E-state index >= 15 is 0 Å². The zero-order valence-electron chi connectivity index (χ0n) is 9.70. The zero-order valence-corrected chi connectivity index (χ0v) is 11.3. The highest BCUT2D eigenvalue weighted by Gasteiger charge is 2.31. The average molecular weight is 303 g/mol. The van der Waals surface area contributed by atoms with Gasteiger partial charge >= 0.3 is 0 Å². The highest BCUT2D eigenvalue weighted by atomic mass is 79.9. The first-order valence-electron chi connectivity index (χ1n) is 5.81. The summed E-state index contributed by atoms with van der Waals surface area (Å²) in [6.07, 6.45) is 0.712. The SMILES string of the molecule is CC1OCCC1C(O)Cc1ccc(Br)cc1F. The maximum atomic E-state index is 13.6. The molecule has 3 unspecified atom stereocenters. The maximum absolute atomic E-state index is 13.6. The van der Waals surface area contributed by atoms with Gasteiger partial charge in [-0.15, -0.1) is 0 Å². The molecule has 0 spiro atoms. The van der Waals surface area contributed by atoms with Crippen molar-refractivity contribution in [2.75, 3.05) is 6.61 Å². The third kappa shape index (κ3) is 3.06. The van der Waals surface area contributed by atoms with Gasteiger partial charge in [-0.2, -0.15) is 0 Å². The molecule has 2 rings (SSSR count). The molecule has 0 aromatic heterocycles. The molecule has 0 radical (unpaired) electrons. The van der Waals surface area contributed by atoms with Crippen LogP contribution in [0.25, 0.3) is 0 Å².